The number of hydrogen-bond acceptors (Lipinski definition) is 14. The lowest BCUT2D eigenvalue weighted by atomic mass is 9.62. The molecule has 56 heavy (non-hydrogen) atoms. The second-order valence-corrected chi connectivity index (χ2v) is 28.6. The predicted octanol–water partition coefficient (Wildman–Crippen LogP) is 12.1. The number of hydrogen-bond donors (Lipinski definition) is 0. The molecule has 1 atom stereocenters. The van der Waals surface area contributed by atoms with Crippen LogP contribution in [-0.2, 0) is 39.8 Å². The minimum atomic E-state index is -2.57. The lowest BCUT2D eigenvalue weighted by Crippen LogP contribution is -2.46. The van der Waals surface area contributed by atoms with E-state index in [2.05, 4.69) is 33.3 Å². The van der Waals surface area contributed by atoms with Gasteiger partial charge in [-0.25, -0.2) is 0 Å². The molecular weight excluding hydrogens is 857 g/mol. The van der Waals surface area contributed by atoms with Crippen molar-refractivity contribution in [2.45, 2.75) is 145 Å². The Morgan fingerprint density at radius 2 is 0.768 bits per heavy atom. The molecule has 336 valence electrons. The standard InChI is InChI=1S/C39H84O9S5Si3/c1-10-40-54(41-11-2,42-12-3)35-21-29-49-32-25-38-24-19-20-26-39(38,27-33-52-50-30-22-36-55(43-13-4,44-14-5)45-15-6)28-34-53-51-31-23-37-56(46-16-7,47-17-8)48-18-9/h38H,10-37H2,1-9H3. The third-order valence-electron chi connectivity index (χ3n) is 9.96. The lowest BCUT2D eigenvalue weighted by molar-refractivity contribution is 0.0704. The Kier molecular flexibility index (Phi) is 35.5. The van der Waals surface area contributed by atoms with Gasteiger partial charge in [-0.15, -0.1) is 0 Å². The minimum Gasteiger partial charge on any atom is -0.374 e. The molecule has 0 aromatic heterocycles. The summed E-state index contributed by atoms with van der Waals surface area (Å²) < 4.78 is 54.9. The first kappa shape index (κ1) is 56.1. The van der Waals surface area contributed by atoms with E-state index in [-0.39, 0.29) is 0 Å². The van der Waals surface area contributed by atoms with Crippen LogP contribution >= 0.6 is 54.9 Å². The van der Waals surface area contributed by atoms with Gasteiger partial charge < -0.3 is 39.8 Å². The maximum atomic E-state index is 6.11. The summed E-state index contributed by atoms with van der Waals surface area (Å²) in [7, 11) is 0.525. The van der Waals surface area contributed by atoms with Crippen molar-refractivity contribution in [2.24, 2.45) is 11.3 Å². The van der Waals surface area contributed by atoms with Gasteiger partial charge in [0.15, 0.2) is 0 Å². The molecule has 1 rings (SSSR count). The van der Waals surface area contributed by atoms with Crippen LogP contribution in [0.2, 0.25) is 18.1 Å². The predicted molar refractivity (Wildman–Crippen MR) is 256 cm³/mol. The van der Waals surface area contributed by atoms with Crippen molar-refractivity contribution in [3.05, 3.63) is 0 Å². The molecule has 0 spiro atoms. The Bertz CT molecular complexity index is 818. The average molecular weight is 942 g/mol. The molecule has 0 bridgehead atoms. The van der Waals surface area contributed by atoms with Gasteiger partial charge in [-0.1, -0.05) is 56.0 Å². The molecule has 1 fully saturated rings. The largest absolute Gasteiger partial charge is 0.500 e. The molecular formula is C39H84O9S5Si3. The van der Waals surface area contributed by atoms with Gasteiger partial charge in [0.1, 0.15) is 0 Å². The molecule has 1 aliphatic rings. The smallest absolute Gasteiger partial charge is 0.374 e. The SMILES string of the molecule is CCO[Si](CCCSCCC1CCCCC1(CCSSCCC[Si](OCC)(OCC)OCC)CCSSCCC[Si](OCC)(OCC)OCC)(OCC)OCC. The van der Waals surface area contributed by atoms with E-state index in [4.69, 9.17) is 39.8 Å². The highest BCUT2D eigenvalue weighted by atomic mass is 33.1. The molecule has 0 saturated heterocycles. The molecule has 0 amide bonds. The molecule has 17 heteroatoms. The van der Waals surface area contributed by atoms with Crippen LogP contribution in [0, 0.1) is 11.3 Å². The number of thioether (sulfide) groups is 1. The summed E-state index contributed by atoms with van der Waals surface area (Å²) in [4.78, 5) is 0. The molecule has 1 saturated carbocycles. The quantitative estimate of drug-likeness (QED) is 0.0331. The van der Waals surface area contributed by atoms with Crippen molar-refractivity contribution in [1.82, 2.24) is 0 Å². The highest BCUT2D eigenvalue weighted by Crippen LogP contribution is 2.51. The monoisotopic (exact) mass is 940 g/mol. The van der Waals surface area contributed by atoms with Crippen LogP contribution in [0.4, 0.5) is 0 Å². The topological polar surface area (TPSA) is 83.1 Å². The normalized spacial score (nSPS) is 16.6. The van der Waals surface area contributed by atoms with E-state index in [1.54, 1.807) is 0 Å². The van der Waals surface area contributed by atoms with E-state index < -0.39 is 26.4 Å². The van der Waals surface area contributed by atoms with Crippen LogP contribution in [-0.4, -0.2) is 120 Å². The second kappa shape index (κ2) is 35.5. The van der Waals surface area contributed by atoms with E-state index in [1.165, 1.54) is 62.2 Å². The van der Waals surface area contributed by atoms with Crippen molar-refractivity contribution in [1.29, 1.82) is 0 Å². The molecule has 0 radical (unpaired) electrons. The minimum absolute atomic E-state index is 0.433. The molecule has 0 heterocycles. The van der Waals surface area contributed by atoms with Crippen LogP contribution in [0.5, 0.6) is 0 Å². The lowest BCUT2D eigenvalue weighted by Gasteiger charge is -2.45. The second-order valence-electron chi connectivity index (χ2n) is 13.8. The van der Waals surface area contributed by atoms with Crippen molar-refractivity contribution in [3.63, 3.8) is 0 Å². The van der Waals surface area contributed by atoms with E-state index in [0.29, 0.717) is 64.9 Å². The van der Waals surface area contributed by atoms with Crippen LogP contribution in [0.1, 0.15) is 127 Å². The zero-order valence-electron chi connectivity index (χ0n) is 37.1. The Balaban J connectivity index is 2.80. The molecule has 0 aliphatic heterocycles. The summed E-state index contributed by atoms with van der Waals surface area (Å²) >= 11 is 2.12. The molecule has 1 unspecified atom stereocenters. The highest BCUT2D eigenvalue weighted by molar-refractivity contribution is 8.77. The van der Waals surface area contributed by atoms with E-state index >= 15 is 0 Å². The molecule has 0 N–H and O–H groups in total. The summed E-state index contributed by atoms with van der Waals surface area (Å²) in [6.45, 7) is 24.2. The summed E-state index contributed by atoms with van der Waals surface area (Å²) in [5, 5.41) is 0. The van der Waals surface area contributed by atoms with Gasteiger partial charge in [-0.05, 0) is 137 Å². The van der Waals surface area contributed by atoms with Gasteiger partial charge in [0.25, 0.3) is 0 Å². The van der Waals surface area contributed by atoms with Gasteiger partial charge in [0.2, 0.25) is 0 Å². The van der Waals surface area contributed by atoms with Gasteiger partial charge in [0, 0.05) is 101 Å². The Labute approximate surface area is 368 Å². The Hall–Kier alpha value is 2.04. The van der Waals surface area contributed by atoms with Crippen molar-refractivity contribution >= 4 is 81.4 Å². The van der Waals surface area contributed by atoms with Crippen LogP contribution in [0.15, 0.2) is 0 Å². The average Bonchev–Trinajstić information content (AvgIpc) is 3.17. The number of rotatable bonds is 41. The maximum Gasteiger partial charge on any atom is 0.500 e. The zero-order chi connectivity index (χ0) is 41.3. The third-order valence-corrected chi connectivity index (χ3v) is 25.5. The summed E-state index contributed by atoms with van der Waals surface area (Å²) in [5.74, 6) is 7.82. The van der Waals surface area contributed by atoms with E-state index in [1.807, 2.05) is 83.9 Å². The molecule has 9 nitrogen and oxygen atoms in total. The zero-order valence-corrected chi connectivity index (χ0v) is 44.2. The van der Waals surface area contributed by atoms with Crippen LogP contribution in [0.3, 0.4) is 0 Å². The third kappa shape index (κ3) is 22.9. The van der Waals surface area contributed by atoms with E-state index in [0.717, 1.165) is 60.6 Å². The van der Waals surface area contributed by atoms with Crippen LogP contribution < -0.4 is 0 Å². The van der Waals surface area contributed by atoms with Gasteiger partial charge in [-0.2, -0.15) is 11.8 Å². The highest BCUT2D eigenvalue weighted by Gasteiger charge is 2.42. The first-order valence-corrected chi connectivity index (χ1v) is 34.0. The summed E-state index contributed by atoms with van der Waals surface area (Å²) in [6, 6.07) is 2.70. The van der Waals surface area contributed by atoms with Gasteiger partial charge in [-0.3, -0.25) is 0 Å². The summed E-state index contributed by atoms with van der Waals surface area (Å²) in [5.41, 5.74) is 0.433. The van der Waals surface area contributed by atoms with Gasteiger partial charge in [0.05, 0.1) is 0 Å². The first-order chi connectivity index (χ1) is 27.3. The van der Waals surface area contributed by atoms with E-state index in [9.17, 15) is 0 Å². The maximum absolute atomic E-state index is 6.11. The van der Waals surface area contributed by atoms with Crippen molar-refractivity contribution < 1.29 is 39.8 Å². The van der Waals surface area contributed by atoms with Crippen LogP contribution in [0.25, 0.3) is 0 Å². The van der Waals surface area contributed by atoms with Crippen molar-refractivity contribution in [3.8, 4) is 0 Å². The molecule has 0 aromatic carbocycles. The fourth-order valence-electron chi connectivity index (χ4n) is 7.75. The fourth-order valence-corrected chi connectivity index (χ4v) is 22.0. The summed E-state index contributed by atoms with van der Waals surface area (Å²) in [6.07, 6.45) is 12.7. The van der Waals surface area contributed by atoms with Gasteiger partial charge >= 0.3 is 26.4 Å². The molecule has 1 aliphatic carbocycles. The Morgan fingerprint density at radius 1 is 0.429 bits per heavy atom. The Morgan fingerprint density at radius 3 is 1.12 bits per heavy atom. The first-order valence-electron chi connectivity index (χ1n) is 22.1. The van der Waals surface area contributed by atoms with Crippen molar-refractivity contribution in [2.75, 3.05) is 94.0 Å². The fraction of sp³-hybridized carbons (Fsp3) is 1.00. The molecule has 0 aromatic rings.